The number of hydrogen-bond acceptors (Lipinski definition) is 2. The minimum atomic E-state index is -2.78. The fraction of sp³-hybridized carbons (Fsp3) is 0.276. The highest BCUT2D eigenvalue weighted by atomic mass is 28.4. The van der Waals surface area contributed by atoms with E-state index in [4.69, 9.17) is 4.43 Å². The van der Waals surface area contributed by atoms with Gasteiger partial charge in [0.25, 0.3) is 8.32 Å². The van der Waals surface area contributed by atoms with E-state index in [-0.39, 0.29) is 18.1 Å². The van der Waals surface area contributed by atoms with Gasteiger partial charge >= 0.3 is 0 Å². The molecule has 0 unspecified atom stereocenters. The Morgan fingerprint density at radius 1 is 0.818 bits per heavy atom. The summed E-state index contributed by atoms with van der Waals surface area (Å²) in [7, 11) is -2.78. The van der Waals surface area contributed by atoms with Crippen molar-refractivity contribution in [1.29, 1.82) is 0 Å². The van der Waals surface area contributed by atoms with Crippen molar-refractivity contribution in [1.82, 2.24) is 4.90 Å². The Hall–Kier alpha value is -2.95. The Kier molecular flexibility index (Phi) is 6.29. The van der Waals surface area contributed by atoms with Crippen LogP contribution in [0.15, 0.2) is 103 Å². The Balaban J connectivity index is 1.66. The second-order valence-electron chi connectivity index (χ2n) is 9.02. The first-order chi connectivity index (χ1) is 16.2. The van der Waals surface area contributed by atoms with E-state index in [2.05, 4.69) is 115 Å². The van der Waals surface area contributed by atoms with Crippen LogP contribution in [0.2, 0.25) is 0 Å². The molecule has 0 aromatic heterocycles. The first-order valence-electron chi connectivity index (χ1n) is 12.0. The lowest BCUT2D eigenvalue weighted by Crippen LogP contribution is -2.71. The van der Waals surface area contributed by atoms with Crippen molar-refractivity contribution < 1.29 is 9.22 Å². The molecule has 0 N–H and O–H groups in total. The average Bonchev–Trinajstić information content (AvgIpc) is 3.26. The van der Waals surface area contributed by atoms with E-state index in [1.165, 1.54) is 15.6 Å². The summed E-state index contributed by atoms with van der Waals surface area (Å²) in [6, 6.07) is 32.5. The number of nitrogens with zero attached hydrogens (tertiary/aromatic N) is 1. The highest BCUT2D eigenvalue weighted by Crippen LogP contribution is 2.36. The summed E-state index contributed by atoms with van der Waals surface area (Å²) in [6.07, 6.45) is 6.90. The summed E-state index contributed by atoms with van der Waals surface area (Å²) < 4.78 is 7.50. The SMILES string of the molecule is C/C=C/[C@@H]1[C@H](O[Si](c2ccccc2)(c2ccccc2)c2ccccc2)CCN2C(=O)CC[C@@H]12. The number of fused-ring (bicyclic) bond motifs is 1. The number of carbonyl (C=O) groups excluding carboxylic acids is 1. The fourth-order valence-corrected chi connectivity index (χ4v) is 9.84. The van der Waals surface area contributed by atoms with Crippen LogP contribution in [0.1, 0.15) is 26.2 Å². The molecule has 2 aliphatic rings. The van der Waals surface area contributed by atoms with Crippen LogP contribution in [-0.2, 0) is 9.22 Å². The second-order valence-corrected chi connectivity index (χ2v) is 12.4. The summed E-state index contributed by atoms with van der Waals surface area (Å²) in [5.74, 6) is 0.504. The molecular weight excluding hydrogens is 422 g/mol. The van der Waals surface area contributed by atoms with Crippen molar-refractivity contribution in [3.8, 4) is 0 Å². The Labute approximate surface area is 197 Å². The fourth-order valence-electron chi connectivity index (χ4n) is 5.71. The number of allylic oxidation sites excluding steroid dienone is 1. The molecule has 0 saturated carbocycles. The molecule has 1 amide bonds. The third-order valence-electron chi connectivity index (χ3n) is 7.19. The van der Waals surface area contributed by atoms with E-state index in [0.29, 0.717) is 12.3 Å². The second kappa shape index (κ2) is 9.50. The number of carbonyl (C=O) groups is 1. The molecule has 0 radical (unpaired) electrons. The van der Waals surface area contributed by atoms with Crippen molar-refractivity contribution in [2.75, 3.05) is 6.54 Å². The maximum Gasteiger partial charge on any atom is 0.288 e. The van der Waals surface area contributed by atoms with Crippen LogP contribution < -0.4 is 15.6 Å². The molecule has 3 aromatic rings. The van der Waals surface area contributed by atoms with Gasteiger partial charge in [0, 0.05) is 24.9 Å². The van der Waals surface area contributed by atoms with Gasteiger partial charge < -0.3 is 9.33 Å². The van der Waals surface area contributed by atoms with Crippen LogP contribution in [0.5, 0.6) is 0 Å². The quantitative estimate of drug-likeness (QED) is 0.324. The Bertz CT molecular complexity index is 1000. The van der Waals surface area contributed by atoms with Gasteiger partial charge in [-0.25, -0.2) is 0 Å². The first kappa shape index (κ1) is 21.9. The minimum absolute atomic E-state index is 0.0561. The van der Waals surface area contributed by atoms with Crippen LogP contribution in [0.3, 0.4) is 0 Å². The molecule has 5 rings (SSSR count). The highest BCUT2D eigenvalue weighted by Gasteiger charge is 2.49. The lowest BCUT2D eigenvalue weighted by atomic mass is 9.86. The zero-order chi connectivity index (χ0) is 22.7. The monoisotopic (exact) mass is 453 g/mol. The number of amides is 1. The largest absolute Gasteiger partial charge is 0.400 e. The molecule has 2 heterocycles. The molecule has 3 aromatic carbocycles. The third-order valence-corrected chi connectivity index (χ3v) is 11.3. The standard InChI is InChI=1S/C29H31NO2Si/c1-2-12-26-27-19-20-29(31)30(27)22-21-28(26)32-33(23-13-6-3-7-14-23,24-15-8-4-9-16-24)25-17-10-5-11-18-25/h2-18,26-28H,19-22H2,1H3/b12-2+/t26-,27-,28+/m0/s1. The Morgan fingerprint density at radius 3 is 1.82 bits per heavy atom. The summed E-state index contributed by atoms with van der Waals surface area (Å²) in [5.41, 5.74) is 0. The number of rotatable bonds is 6. The smallest absolute Gasteiger partial charge is 0.288 e. The number of piperidine rings is 1. The Morgan fingerprint density at radius 2 is 1.33 bits per heavy atom. The maximum absolute atomic E-state index is 12.5. The van der Waals surface area contributed by atoms with Gasteiger partial charge in [-0.1, -0.05) is 103 Å². The summed E-state index contributed by atoms with van der Waals surface area (Å²) in [5, 5.41) is 3.77. The van der Waals surface area contributed by atoms with Crippen molar-refractivity contribution in [2.24, 2.45) is 5.92 Å². The van der Waals surface area contributed by atoms with Crippen LogP contribution in [0.25, 0.3) is 0 Å². The third kappa shape index (κ3) is 3.98. The van der Waals surface area contributed by atoms with Gasteiger partial charge in [0.15, 0.2) is 0 Å². The van der Waals surface area contributed by atoms with E-state index in [9.17, 15) is 4.79 Å². The van der Waals surface area contributed by atoms with Crippen LogP contribution in [0, 0.1) is 5.92 Å². The van der Waals surface area contributed by atoms with Crippen LogP contribution in [-0.4, -0.2) is 37.8 Å². The van der Waals surface area contributed by atoms with Crippen molar-refractivity contribution in [2.45, 2.75) is 38.3 Å². The van der Waals surface area contributed by atoms with Gasteiger partial charge in [0.1, 0.15) is 0 Å². The van der Waals surface area contributed by atoms with Gasteiger partial charge in [-0.2, -0.15) is 0 Å². The summed E-state index contributed by atoms with van der Waals surface area (Å²) in [6.45, 7) is 2.86. The topological polar surface area (TPSA) is 29.5 Å². The molecule has 0 bridgehead atoms. The van der Waals surface area contributed by atoms with E-state index < -0.39 is 8.32 Å². The molecule has 33 heavy (non-hydrogen) atoms. The highest BCUT2D eigenvalue weighted by molar-refractivity contribution is 7.07. The molecule has 2 saturated heterocycles. The number of benzene rings is 3. The molecule has 3 nitrogen and oxygen atoms in total. The van der Waals surface area contributed by atoms with Crippen LogP contribution in [0.4, 0.5) is 0 Å². The molecule has 3 atom stereocenters. The predicted molar refractivity (Wildman–Crippen MR) is 137 cm³/mol. The molecule has 2 aliphatic heterocycles. The zero-order valence-electron chi connectivity index (χ0n) is 19.1. The molecule has 0 aliphatic carbocycles. The maximum atomic E-state index is 12.5. The normalized spacial score (nSPS) is 23.1. The zero-order valence-corrected chi connectivity index (χ0v) is 20.1. The van der Waals surface area contributed by atoms with Gasteiger partial charge in [-0.05, 0) is 35.3 Å². The van der Waals surface area contributed by atoms with Gasteiger partial charge in [0.2, 0.25) is 5.91 Å². The molecule has 4 heteroatoms. The summed E-state index contributed by atoms with van der Waals surface area (Å²) in [4.78, 5) is 14.6. The lowest BCUT2D eigenvalue weighted by molar-refractivity contribution is -0.131. The molecular formula is C29H31NO2Si. The predicted octanol–water partition coefficient (Wildman–Crippen LogP) is 3.63. The van der Waals surface area contributed by atoms with Crippen molar-refractivity contribution in [3.63, 3.8) is 0 Å². The number of hydrogen-bond donors (Lipinski definition) is 0. The van der Waals surface area contributed by atoms with Gasteiger partial charge in [-0.3, -0.25) is 4.79 Å². The van der Waals surface area contributed by atoms with E-state index >= 15 is 0 Å². The van der Waals surface area contributed by atoms with Gasteiger partial charge in [-0.15, -0.1) is 0 Å². The molecule has 168 valence electrons. The minimum Gasteiger partial charge on any atom is -0.400 e. The van der Waals surface area contributed by atoms with E-state index in [1.807, 2.05) is 0 Å². The van der Waals surface area contributed by atoms with Crippen LogP contribution >= 0.6 is 0 Å². The van der Waals surface area contributed by atoms with Crippen molar-refractivity contribution in [3.05, 3.63) is 103 Å². The van der Waals surface area contributed by atoms with Gasteiger partial charge in [0.05, 0.1) is 6.10 Å². The van der Waals surface area contributed by atoms with E-state index in [1.54, 1.807) is 0 Å². The first-order valence-corrected chi connectivity index (χ1v) is 13.9. The van der Waals surface area contributed by atoms with E-state index in [0.717, 1.165) is 19.4 Å². The summed E-state index contributed by atoms with van der Waals surface area (Å²) >= 11 is 0. The lowest BCUT2D eigenvalue weighted by Gasteiger charge is -2.45. The average molecular weight is 454 g/mol. The van der Waals surface area contributed by atoms with Crippen molar-refractivity contribution >= 4 is 29.8 Å². The molecule has 0 spiro atoms. The molecule has 2 fully saturated rings.